The van der Waals surface area contributed by atoms with Gasteiger partial charge in [0.15, 0.2) is 0 Å². The van der Waals surface area contributed by atoms with Crippen LogP contribution < -0.4 is 5.32 Å². The molecular weight excluding hydrogens is 324 g/mol. The van der Waals surface area contributed by atoms with Gasteiger partial charge in [-0.25, -0.2) is 4.98 Å². The van der Waals surface area contributed by atoms with Gasteiger partial charge < -0.3 is 9.73 Å². The minimum Gasteiger partial charge on any atom is -0.469 e. The molecule has 2 unspecified atom stereocenters. The fourth-order valence-corrected chi connectivity index (χ4v) is 4.26. The molecular formula is C18H22N2OS2. The van der Waals surface area contributed by atoms with E-state index in [0.717, 1.165) is 29.3 Å². The molecule has 0 bridgehead atoms. The Hall–Kier alpha value is -1.43. The summed E-state index contributed by atoms with van der Waals surface area (Å²) in [7, 11) is 0. The van der Waals surface area contributed by atoms with E-state index >= 15 is 0 Å². The lowest BCUT2D eigenvalue weighted by Gasteiger charge is -2.19. The Morgan fingerprint density at radius 2 is 2.13 bits per heavy atom. The molecule has 0 aliphatic rings. The van der Waals surface area contributed by atoms with Crippen molar-refractivity contribution in [2.24, 2.45) is 0 Å². The van der Waals surface area contributed by atoms with Gasteiger partial charge >= 0.3 is 0 Å². The van der Waals surface area contributed by atoms with Crippen LogP contribution in [-0.2, 0) is 6.42 Å². The summed E-state index contributed by atoms with van der Waals surface area (Å²) in [5.41, 5.74) is 2.43. The molecule has 0 radical (unpaired) electrons. The second-order valence-electron chi connectivity index (χ2n) is 5.90. The van der Waals surface area contributed by atoms with E-state index in [9.17, 15) is 0 Å². The van der Waals surface area contributed by atoms with E-state index in [0.29, 0.717) is 12.1 Å². The summed E-state index contributed by atoms with van der Waals surface area (Å²) >= 11 is 3.48. The first-order chi connectivity index (χ1) is 11.1. The highest BCUT2D eigenvalue weighted by molar-refractivity contribution is 7.14. The summed E-state index contributed by atoms with van der Waals surface area (Å²) in [5.74, 6) is 1.06. The number of thiazole rings is 1. The molecule has 0 aliphatic heterocycles. The predicted octanol–water partition coefficient (Wildman–Crippen LogP) is 5.44. The van der Waals surface area contributed by atoms with Crippen molar-refractivity contribution in [1.82, 2.24) is 10.3 Å². The molecule has 0 amide bonds. The van der Waals surface area contributed by atoms with Gasteiger partial charge in [0.2, 0.25) is 0 Å². The molecule has 3 nitrogen and oxygen atoms in total. The van der Waals surface area contributed by atoms with Gasteiger partial charge in [0.1, 0.15) is 5.76 Å². The number of hydrogen-bond donors (Lipinski definition) is 1. The monoisotopic (exact) mass is 346 g/mol. The van der Waals surface area contributed by atoms with Crippen LogP contribution >= 0.6 is 22.7 Å². The Kier molecular flexibility index (Phi) is 5.30. The summed E-state index contributed by atoms with van der Waals surface area (Å²) in [6, 6.07) is 7.03. The molecule has 0 fully saturated rings. The van der Waals surface area contributed by atoms with Crippen LogP contribution in [0.15, 0.2) is 39.6 Å². The maximum absolute atomic E-state index is 5.40. The number of hydrogen-bond acceptors (Lipinski definition) is 5. The third-order valence-corrected chi connectivity index (χ3v) is 5.67. The zero-order valence-corrected chi connectivity index (χ0v) is 15.3. The standard InChI is InChI=1S/C18H22N2OS2/c1-12(6-7-16-5-4-8-21-16)19-13(2)15-9-18(23-10-15)17-11-22-14(3)20-17/h4-5,8-13,19H,6-7H2,1-3H3. The van der Waals surface area contributed by atoms with Gasteiger partial charge in [-0.1, -0.05) is 0 Å². The van der Waals surface area contributed by atoms with Gasteiger partial charge in [-0.05, 0) is 56.3 Å². The Labute approximate surface area is 145 Å². The predicted molar refractivity (Wildman–Crippen MR) is 98.2 cm³/mol. The van der Waals surface area contributed by atoms with Crippen LogP contribution in [0.1, 0.15) is 42.6 Å². The maximum atomic E-state index is 5.40. The fourth-order valence-electron chi connectivity index (χ4n) is 2.61. The van der Waals surface area contributed by atoms with Crippen molar-refractivity contribution < 1.29 is 4.42 Å². The third-order valence-electron chi connectivity index (χ3n) is 3.93. The normalized spacial score (nSPS) is 14.0. The van der Waals surface area contributed by atoms with Crippen molar-refractivity contribution >= 4 is 22.7 Å². The largest absolute Gasteiger partial charge is 0.469 e. The molecule has 3 aromatic heterocycles. The molecule has 0 saturated heterocycles. The molecule has 2 atom stereocenters. The van der Waals surface area contributed by atoms with Crippen molar-refractivity contribution in [3.8, 4) is 10.6 Å². The summed E-state index contributed by atoms with van der Waals surface area (Å²) in [6.45, 7) is 6.51. The number of aryl methyl sites for hydroxylation is 2. The molecule has 0 saturated carbocycles. The highest BCUT2D eigenvalue weighted by atomic mass is 32.1. The average molecular weight is 347 g/mol. The third kappa shape index (κ3) is 4.31. The Bertz CT molecular complexity index is 730. The highest BCUT2D eigenvalue weighted by Gasteiger charge is 2.13. The van der Waals surface area contributed by atoms with Crippen LogP contribution in [-0.4, -0.2) is 11.0 Å². The molecule has 122 valence electrons. The SMILES string of the molecule is Cc1nc(-c2cc(C(C)NC(C)CCc3ccco3)cs2)cs1. The molecule has 0 spiro atoms. The second-order valence-corrected chi connectivity index (χ2v) is 7.88. The Morgan fingerprint density at radius 1 is 1.26 bits per heavy atom. The molecule has 23 heavy (non-hydrogen) atoms. The first-order valence-corrected chi connectivity index (χ1v) is 9.67. The van der Waals surface area contributed by atoms with Crippen LogP contribution in [0.25, 0.3) is 10.6 Å². The molecule has 3 heterocycles. The average Bonchev–Trinajstić information content (AvgIpc) is 3.26. The number of thiophene rings is 1. The second kappa shape index (κ2) is 7.43. The molecule has 1 N–H and O–H groups in total. The summed E-state index contributed by atoms with van der Waals surface area (Å²) < 4.78 is 5.40. The van der Waals surface area contributed by atoms with E-state index in [4.69, 9.17) is 4.42 Å². The van der Waals surface area contributed by atoms with E-state index in [1.165, 1.54) is 10.4 Å². The van der Waals surface area contributed by atoms with Crippen molar-refractivity contribution in [3.63, 3.8) is 0 Å². The lowest BCUT2D eigenvalue weighted by molar-refractivity contribution is 0.431. The van der Waals surface area contributed by atoms with Crippen LogP contribution in [0.5, 0.6) is 0 Å². The molecule has 0 aromatic carbocycles. The van der Waals surface area contributed by atoms with E-state index < -0.39 is 0 Å². The zero-order chi connectivity index (χ0) is 16.2. The maximum Gasteiger partial charge on any atom is 0.103 e. The first-order valence-electron chi connectivity index (χ1n) is 7.91. The minimum atomic E-state index is 0.339. The summed E-state index contributed by atoms with van der Waals surface area (Å²) in [4.78, 5) is 5.82. The van der Waals surface area contributed by atoms with Crippen molar-refractivity contribution in [3.05, 3.63) is 51.6 Å². The van der Waals surface area contributed by atoms with Crippen LogP contribution in [0.3, 0.4) is 0 Å². The smallest absolute Gasteiger partial charge is 0.103 e. The van der Waals surface area contributed by atoms with Crippen molar-refractivity contribution in [1.29, 1.82) is 0 Å². The molecule has 5 heteroatoms. The molecule has 0 aliphatic carbocycles. The van der Waals surface area contributed by atoms with Gasteiger partial charge in [-0.2, -0.15) is 0 Å². The molecule has 3 aromatic rings. The van der Waals surface area contributed by atoms with Gasteiger partial charge in [0, 0.05) is 23.9 Å². The first kappa shape index (κ1) is 16.4. The van der Waals surface area contributed by atoms with Crippen LogP contribution in [0, 0.1) is 6.92 Å². The van der Waals surface area contributed by atoms with E-state index in [2.05, 4.69) is 41.0 Å². The summed E-state index contributed by atoms with van der Waals surface area (Å²) in [6.07, 6.45) is 3.78. The molecule has 3 rings (SSSR count). The van der Waals surface area contributed by atoms with E-state index in [1.807, 2.05) is 19.1 Å². The van der Waals surface area contributed by atoms with Gasteiger partial charge in [-0.15, -0.1) is 22.7 Å². The number of nitrogens with zero attached hydrogens (tertiary/aromatic N) is 1. The number of aromatic nitrogens is 1. The number of nitrogens with one attached hydrogen (secondary N) is 1. The van der Waals surface area contributed by atoms with Crippen molar-refractivity contribution in [2.45, 2.75) is 45.7 Å². The van der Waals surface area contributed by atoms with Gasteiger partial charge in [-0.3, -0.25) is 0 Å². The minimum absolute atomic E-state index is 0.339. The summed E-state index contributed by atoms with van der Waals surface area (Å²) in [5, 5.41) is 9.16. The number of furan rings is 1. The van der Waals surface area contributed by atoms with E-state index in [-0.39, 0.29) is 0 Å². The fraction of sp³-hybridized carbons (Fsp3) is 0.389. The Morgan fingerprint density at radius 3 is 2.83 bits per heavy atom. The van der Waals surface area contributed by atoms with Crippen LogP contribution in [0.2, 0.25) is 0 Å². The lowest BCUT2D eigenvalue weighted by Crippen LogP contribution is -2.29. The van der Waals surface area contributed by atoms with Gasteiger partial charge in [0.25, 0.3) is 0 Å². The zero-order valence-electron chi connectivity index (χ0n) is 13.7. The quantitative estimate of drug-likeness (QED) is 0.618. The van der Waals surface area contributed by atoms with Crippen LogP contribution in [0.4, 0.5) is 0 Å². The van der Waals surface area contributed by atoms with Crippen molar-refractivity contribution in [2.75, 3.05) is 0 Å². The number of rotatable bonds is 7. The van der Waals surface area contributed by atoms with E-state index in [1.54, 1.807) is 28.9 Å². The topological polar surface area (TPSA) is 38.1 Å². The highest BCUT2D eigenvalue weighted by Crippen LogP contribution is 2.30. The Balaban J connectivity index is 1.55. The lowest BCUT2D eigenvalue weighted by atomic mass is 10.1. The van der Waals surface area contributed by atoms with Gasteiger partial charge in [0.05, 0.1) is 21.8 Å².